The molecule has 3 rings (SSSR count). The Morgan fingerprint density at radius 2 is 1.46 bits per heavy atom. The summed E-state index contributed by atoms with van der Waals surface area (Å²) < 4.78 is 5.41. The van der Waals surface area contributed by atoms with Gasteiger partial charge in [-0.05, 0) is 48.5 Å². The summed E-state index contributed by atoms with van der Waals surface area (Å²) in [6.07, 6.45) is 3.25. The average molecular weight is 393 g/mol. The van der Waals surface area contributed by atoms with Gasteiger partial charge in [0.1, 0.15) is 5.75 Å². The molecule has 7 heteroatoms. The van der Waals surface area contributed by atoms with E-state index in [-0.39, 0.29) is 18.4 Å². The lowest BCUT2D eigenvalue weighted by Crippen LogP contribution is -2.20. The van der Waals surface area contributed by atoms with Crippen LogP contribution in [0, 0.1) is 0 Å². The molecule has 0 radical (unpaired) electrons. The van der Waals surface area contributed by atoms with Crippen molar-refractivity contribution in [2.45, 2.75) is 4.90 Å². The fraction of sp³-hybridized carbons (Fsp3) is 0.0952. The van der Waals surface area contributed by atoms with E-state index in [1.165, 1.54) is 11.8 Å². The zero-order valence-electron chi connectivity index (χ0n) is 15.0. The molecule has 6 nitrogen and oxygen atoms in total. The number of carbonyl (C=O) groups is 2. The smallest absolute Gasteiger partial charge is 0.262 e. The highest BCUT2D eigenvalue weighted by atomic mass is 32.2. The number of nitrogens with one attached hydrogen (secondary N) is 2. The molecule has 0 spiro atoms. The van der Waals surface area contributed by atoms with Gasteiger partial charge in [-0.15, -0.1) is 11.8 Å². The highest BCUT2D eigenvalue weighted by Crippen LogP contribution is 2.20. The fourth-order valence-corrected chi connectivity index (χ4v) is 2.98. The first-order valence-electron chi connectivity index (χ1n) is 8.59. The largest absolute Gasteiger partial charge is 0.484 e. The van der Waals surface area contributed by atoms with Crippen LogP contribution in [0.5, 0.6) is 5.75 Å². The molecule has 0 aliphatic carbocycles. The number of hydrogen-bond donors (Lipinski definition) is 2. The van der Waals surface area contributed by atoms with Gasteiger partial charge in [0.15, 0.2) is 6.61 Å². The van der Waals surface area contributed by atoms with Crippen molar-refractivity contribution >= 4 is 35.0 Å². The van der Waals surface area contributed by atoms with Crippen LogP contribution >= 0.6 is 11.8 Å². The predicted octanol–water partition coefficient (Wildman–Crippen LogP) is 3.83. The zero-order chi connectivity index (χ0) is 19.6. The number of carbonyl (C=O) groups excluding carboxylic acids is 2. The number of benzene rings is 2. The number of amides is 2. The van der Waals surface area contributed by atoms with Gasteiger partial charge in [-0.2, -0.15) is 0 Å². The van der Waals surface area contributed by atoms with E-state index in [0.29, 0.717) is 17.2 Å². The standard InChI is InChI=1S/C21H19N3O3S/c25-20(14-27-18-4-2-1-3-5-18)23-16-6-8-19(9-7-16)28-15-21(26)24-17-10-12-22-13-11-17/h1-13H,14-15H2,(H,23,25)(H,22,24,26). The Bertz CT molecular complexity index is 903. The van der Waals surface area contributed by atoms with Gasteiger partial charge in [0.2, 0.25) is 5.91 Å². The van der Waals surface area contributed by atoms with Crippen molar-refractivity contribution in [3.05, 3.63) is 79.1 Å². The summed E-state index contributed by atoms with van der Waals surface area (Å²) in [5.41, 5.74) is 1.39. The van der Waals surface area contributed by atoms with E-state index in [0.717, 1.165) is 10.6 Å². The summed E-state index contributed by atoms with van der Waals surface area (Å²) in [5.74, 6) is 0.612. The van der Waals surface area contributed by atoms with E-state index in [1.54, 1.807) is 48.8 Å². The Kier molecular flexibility index (Phi) is 7.03. The van der Waals surface area contributed by atoms with E-state index in [4.69, 9.17) is 4.74 Å². The van der Waals surface area contributed by atoms with Crippen molar-refractivity contribution in [3.8, 4) is 5.75 Å². The number of aromatic nitrogens is 1. The van der Waals surface area contributed by atoms with Gasteiger partial charge in [0, 0.05) is 28.7 Å². The number of nitrogens with zero attached hydrogens (tertiary/aromatic N) is 1. The monoisotopic (exact) mass is 393 g/mol. The van der Waals surface area contributed by atoms with E-state index in [9.17, 15) is 9.59 Å². The highest BCUT2D eigenvalue weighted by molar-refractivity contribution is 8.00. The molecule has 2 amide bonds. The Labute approximate surface area is 167 Å². The molecule has 0 aliphatic heterocycles. The van der Waals surface area contributed by atoms with Gasteiger partial charge in [0.25, 0.3) is 5.91 Å². The van der Waals surface area contributed by atoms with Crippen molar-refractivity contribution in [2.24, 2.45) is 0 Å². The van der Waals surface area contributed by atoms with Crippen molar-refractivity contribution in [1.82, 2.24) is 4.98 Å². The second-order valence-corrected chi connectivity index (χ2v) is 6.80. The minimum atomic E-state index is -0.235. The second-order valence-electron chi connectivity index (χ2n) is 5.75. The third-order valence-electron chi connectivity index (χ3n) is 3.59. The van der Waals surface area contributed by atoms with E-state index in [2.05, 4.69) is 15.6 Å². The number of pyridine rings is 1. The number of rotatable bonds is 8. The number of thioether (sulfide) groups is 1. The molecule has 0 bridgehead atoms. The first-order chi connectivity index (χ1) is 13.7. The molecule has 0 saturated heterocycles. The molecule has 2 N–H and O–H groups in total. The SMILES string of the molecule is O=C(COc1ccccc1)Nc1ccc(SCC(=O)Nc2ccncc2)cc1. The molecule has 142 valence electrons. The molecule has 0 unspecified atom stereocenters. The van der Waals surface area contributed by atoms with Crippen molar-refractivity contribution in [2.75, 3.05) is 23.0 Å². The van der Waals surface area contributed by atoms with Crippen LogP contribution in [0.25, 0.3) is 0 Å². The molecule has 0 atom stereocenters. The normalized spacial score (nSPS) is 10.1. The molecule has 3 aromatic rings. The zero-order valence-corrected chi connectivity index (χ0v) is 15.8. The summed E-state index contributed by atoms with van der Waals surface area (Å²) >= 11 is 1.42. The summed E-state index contributed by atoms with van der Waals surface area (Å²) in [6.45, 7) is -0.0598. The van der Waals surface area contributed by atoms with Crippen LogP contribution < -0.4 is 15.4 Å². The molecule has 0 fully saturated rings. The number of hydrogen-bond acceptors (Lipinski definition) is 5. The second kappa shape index (κ2) is 10.1. The van der Waals surface area contributed by atoms with Crippen LogP contribution in [-0.4, -0.2) is 29.2 Å². The molecule has 0 aliphatic rings. The third kappa shape index (κ3) is 6.44. The summed E-state index contributed by atoms with van der Waals surface area (Å²) in [4.78, 5) is 28.8. The van der Waals surface area contributed by atoms with Gasteiger partial charge in [-0.3, -0.25) is 14.6 Å². The van der Waals surface area contributed by atoms with Crippen LogP contribution in [0.1, 0.15) is 0 Å². The molecule has 0 saturated carbocycles. The van der Waals surface area contributed by atoms with Crippen LogP contribution in [0.3, 0.4) is 0 Å². The first kappa shape index (κ1) is 19.4. The van der Waals surface area contributed by atoms with Gasteiger partial charge in [-0.1, -0.05) is 18.2 Å². The number of ether oxygens (including phenoxy) is 1. The van der Waals surface area contributed by atoms with Gasteiger partial charge < -0.3 is 15.4 Å². The molecule has 2 aromatic carbocycles. The Morgan fingerprint density at radius 1 is 0.821 bits per heavy atom. The van der Waals surface area contributed by atoms with Crippen LogP contribution in [0.15, 0.2) is 84.0 Å². The predicted molar refractivity (Wildman–Crippen MR) is 111 cm³/mol. The summed E-state index contributed by atoms with van der Waals surface area (Å²) in [5, 5.41) is 5.59. The molecular weight excluding hydrogens is 374 g/mol. The lowest BCUT2D eigenvalue weighted by Gasteiger charge is -2.08. The van der Waals surface area contributed by atoms with Crippen LogP contribution in [0.4, 0.5) is 11.4 Å². The fourth-order valence-electron chi connectivity index (χ4n) is 2.28. The minimum absolute atomic E-state index is 0.0598. The van der Waals surface area contributed by atoms with Crippen LogP contribution in [-0.2, 0) is 9.59 Å². The average Bonchev–Trinajstić information content (AvgIpc) is 2.73. The third-order valence-corrected chi connectivity index (χ3v) is 4.60. The maximum absolute atomic E-state index is 12.0. The number of para-hydroxylation sites is 1. The minimum Gasteiger partial charge on any atom is -0.484 e. The van der Waals surface area contributed by atoms with Crippen molar-refractivity contribution in [1.29, 1.82) is 0 Å². The molecule has 1 heterocycles. The Balaban J connectivity index is 1.41. The highest BCUT2D eigenvalue weighted by Gasteiger charge is 2.06. The summed E-state index contributed by atoms with van der Waals surface area (Å²) in [6, 6.07) is 20.0. The molecule has 28 heavy (non-hydrogen) atoms. The van der Waals surface area contributed by atoms with Crippen molar-refractivity contribution in [3.63, 3.8) is 0 Å². The van der Waals surface area contributed by atoms with Gasteiger partial charge >= 0.3 is 0 Å². The maximum Gasteiger partial charge on any atom is 0.262 e. The first-order valence-corrected chi connectivity index (χ1v) is 9.58. The van der Waals surface area contributed by atoms with Gasteiger partial charge in [-0.25, -0.2) is 0 Å². The Hall–Kier alpha value is -3.32. The van der Waals surface area contributed by atoms with E-state index in [1.807, 2.05) is 30.3 Å². The molecule has 1 aromatic heterocycles. The quantitative estimate of drug-likeness (QED) is 0.569. The lowest BCUT2D eigenvalue weighted by atomic mass is 10.3. The summed E-state index contributed by atoms with van der Waals surface area (Å²) in [7, 11) is 0. The van der Waals surface area contributed by atoms with Gasteiger partial charge in [0.05, 0.1) is 5.75 Å². The van der Waals surface area contributed by atoms with Crippen molar-refractivity contribution < 1.29 is 14.3 Å². The van der Waals surface area contributed by atoms with E-state index >= 15 is 0 Å². The molecular formula is C21H19N3O3S. The number of anilines is 2. The Morgan fingerprint density at radius 3 is 2.18 bits per heavy atom. The van der Waals surface area contributed by atoms with E-state index < -0.39 is 0 Å². The van der Waals surface area contributed by atoms with Crippen LogP contribution in [0.2, 0.25) is 0 Å². The lowest BCUT2D eigenvalue weighted by molar-refractivity contribution is -0.118. The maximum atomic E-state index is 12.0. The topological polar surface area (TPSA) is 80.3 Å².